The number of halogens is 1. The van der Waals surface area contributed by atoms with Gasteiger partial charge in [0.15, 0.2) is 0 Å². The van der Waals surface area contributed by atoms with Gasteiger partial charge in [0.05, 0.1) is 6.54 Å². The predicted octanol–water partition coefficient (Wildman–Crippen LogP) is 3.57. The molecule has 0 unspecified atom stereocenters. The van der Waals surface area contributed by atoms with Gasteiger partial charge >= 0.3 is 0 Å². The van der Waals surface area contributed by atoms with Gasteiger partial charge in [-0.1, -0.05) is 12.1 Å². The Hall–Kier alpha value is -2.01. The topological polar surface area (TPSA) is 44.4 Å². The van der Waals surface area contributed by atoms with E-state index in [0.29, 0.717) is 0 Å². The second-order valence-electron chi connectivity index (χ2n) is 4.82. The molecule has 0 spiro atoms. The molecule has 0 saturated carbocycles. The summed E-state index contributed by atoms with van der Waals surface area (Å²) in [7, 11) is 3.96. The van der Waals surface area contributed by atoms with Crippen LogP contribution in [0.3, 0.4) is 0 Å². The molecule has 0 bridgehead atoms. The molecule has 4 nitrogen and oxygen atoms in total. The van der Waals surface area contributed by atoms with Gasteiger partial charge in [0, 0.05) is 35.6 Å². The smallest absolute Gasteiger partial charge is 0.243 e. The second-order valence-corrected chi connectivity index (χ2v) is 5.68. The van der Waals surface area contributed by atoms with E-state index in [4.69, 9.17) is 0 Å². The Morgan fingerprint density at radius 1 is 1.10 bits per heavy atom. The summed E-state index contributed by atoms with van der Waals surface area (Å²) in [5, 5.41) is 5.96. The van der Waals surface area contributed by atoms with Crippen molar-refractivity contribution in [3.63, 3.8) is 0 Å². The molecule has 2 aromatic carbocycles. The van der Waals surface area contributed by atoms with Gasteiger partial charge in [-0.2, -0.15) is 0 Å². The number of hydrogen-bond donors (Lipinski definition) is 2. The third kappa shape index (κ3) is 4.49. The lowest BCUT2D eigenvalue weighted by Gasteiger charge is -2.13. The maximum Gasteiger partial charge on any atom is 0.243 e. The number of amides is 1. The van der Waals surface area contributed by atoms with E-state index in [2.05, 4.69) is 26.6 Å². The van der Waals surface area contributed by atoms with Gasteiger partial charge < -0.3 is 15.5 Å². The predicted molar refractivity (Wildman–Crippen MR) is 92.0 cm³/mol. The Morgan fingerprint density at radius 3 is 2.38 bits per heavy atom. The monoisotopic (exact) mass is 347 g/mol. The Labute approximate surface area is 133 Å². The van der Waals surface area contributed by atoms with Gasteiger partial charge in [-0.05, 0) is 52.3 Å². The van der Waals surface area contributed by atoms with Crippen LogP contribution < -0.4 is 15.5 Å². The first-order chi connectivity index (χ1) is 10.1. The number of carbonyl (C=O) groups is 1. The van der Waals surface area contributed by atoms with E-state index in [1.807, 2.05) is 67.5 Å². The zero-order chi connectivity index (χ0) is 15.2. The van der Waals surface area contributed by atoms with Crippen LogP contribution in [-0.2, 0) is 4.79 Å². The van der Waals surface area contributed by atoms with Crippen LogP contribution in [0.25, 0.3) is 0 Å². The van der Waals surface area contributed by atoms with Gasteiger partial charge in [0.1, 0.15) is 0 Å². The SMILES string of the molecule is CN(C)c1ccc(NC(=O)CNc2ccccc2Br)cc1. The maximum absolute atomic E-state index is 11.9. The lowest BCUT2D eigenvalue weighted by Crippen LogP contribution is -2.21. The minimum atomic E-state index is -0.0802. The van der Waals surface area contributed by atoms with Crippen LogP contribution in [0.15, 0.2) is 53.0 Å². The molecular weight excluding hydrogens is 330 g/mol. The lowest BCUT2D eigenvalue weighted by atomic mass is 10.2. The van der Waals surface area contributed by atoms with Crippen molar-refractivity contribution < 1.29 is 4.79 Å². The highest BCUT2D eigenvalue weighted by atomic mass is 79.9. The minimum absolute atomic E-state index is 0.0802. The molecule has 21 heavy (non-hydrogen) atoms. The highest BCUT2D eigenvalue weighted by Gasteiger charge is 2.04. The number of carbonyl (C=O) groups excluding carboxylic acids is 1. The number of nitrogens with one attached hydrogen (secondary N) is 2. The number of hydrogen-bond acceptors (Lipinski definition) is 3. The standard InChI is InChI=1S/C16H18BrN3O/c1-20(2)13-9-7-12(8-10-13)19-16(21)11-18-15-6-4-3-5-14(15)17/h3-10,18H,11H2,1-2H3,(H,19,21). The number of para-hydroxylation sites is 1. The Balaban J connectivity index is 1.88. The number of nitrogens with zero attached hydrogens (tertiary/aromatic N) is 1. The molecule has 0 aliphatic rings. The summed E-state index contributed by atoms with van der Waals surface area (Å²) in [6.07, 6.45) is 0. The summed E-state index contributed by atoms with van der Waals surface area (Å²) >= 11 is 3.44. The molecule has 0 radical (unpaired) electrons. The van der Waals surface area contributed by atoms with E-state index in [-0.39, 0.29) is 12.5 Å². The summed E-state index contributed by atoms with van der Waals surface area (Å²) in [6, 6.07) is 15.4. The molecule has 110 valence electrons. The Bertz CT molecular complexity index is 611. The molecule has 0 aliphatic carbocycles. The average Bonchev–Trinajstić information content (AvgIpc) is 2.47. The van der Waals surface area contributed by atoms with Gasteiger partial charge in [0.2, 0.25) is 5.91 Å². The van der Waals surface area contributed by atoms with Gasteiger partial charge in [0.25, 0.3) is 0 Å². The zero-order valence-electron chi connectivity index (χ0n) is 12.1. The molecule has 0 heterocycles. The van der Waals surface area contributed by atoms with Crippen LogP contribution >= 0.6 is 15.9 Å². The van der Waals surface area contributed by atoms with Gasteiger partial charge in [-0.25, -0.2) is 0 Å². The molecule has 5 heteroatoms. The fourth-order valence-electron chi connectivity index (χ4n) is 1.83. The van der Waals surface area contributed by atoms with Crippen molar-refractivity contribution in [2.24, 2.45) is 0 Å². The van der Waals surface area contributed by atoms with Crippen molar-refractivity contribution in [2.45, 2.75) is 0 Å². The van der Waals surface area contributed by atoms with Gasteiger partial charge in [-0.15, -0.1) is 0 Å². The largest absolute Gasteiger partial charge is 0.378 e. The quantitative estimate of drug-likeness (QED) is 0.868. The molecule has 0 atom stereocenters. The van der Waals surface area contributed by atoms with Crippen molar-refractivity contribution in [3.05, 3.63) is 53.0 Å². The molecule has 2 aromatic rings. The van der Waals surface area contributed by atoms with E-state index in [0.717, 1.165) is 21.5 Å². The minimum Gasteiger partial charge on any atom is -0.378 e. The third-order valence-corrected chi connectivity index (χ3v) is 3.67. The Kier molecular flexibility index (Phi) is 5.22. The summed E-state index contributed by atoms with van der Waals surface area (Å²) in [5.74, 6) is -0.0802. The highest BCUT2D eigenvalue weighted by molar-refractivity contribution is 9.10. The third-order valence-electron chi connectivity index (χ3n) is 2.98. The fourth-order valence-corrected chi connectivity index (χ4v) is 2.25. The van der Waals surface area contributed by atoms with E-state index in [1.165, 1.54) is 0 Å². The average molecular weight is 348 g/mol. The molecule has 2 N–H and O–H groups in total. The van der Waals surface area contributed by atoms with Crippen LogP contribution in [0.2, 0.25) is 0 Å². The normalized spacial score (nSPS) is 10.0. The molecular formula is C16H18BrN3O. The first-order valence-electron chi connectivity index (χ1n) is 6.62. The van der Waals surface area contributed by atoms with Crippen molar-refractivity contribution in [1.29, 1.82) is 0 Å². The van der Waals surface area contributed by atoms with Crippen LogP contribution in [0, 0.1) is 0 Å². The summed E-state index contributed by atoms with van der Waals surface area (Å²) in [6.45, 7) is 0.220. The van der Waals surface area contributed by atoms with Crippen LogP contribution in [0.4, 0.5) is 17.1 Å². The first kappa shape index (κ1) is 15.4. The second kappa shape index (κ2) is 7.13. The number of benzene rings is 2. The van der Waals surface area contributed by atoms with Crippen LogP contribution in [0.1, 0.15) is 0 Å². The van der Waals surface area contributed by atoms with Crippen LogP contribution in [0.5, 0.6) is 0 Å². The zero-order valence-corrected chi connectivity index (χ0v) is 13.6. The molecule has 1 amide bonds. The lowest BCUT2D eigenvalue weighted by molar-refractivity contribution is -0.114. The van der Waals surface area contributed by atoms with Crippen molar-refractivity contribution in [1.82, 2.24) is 0 Å². The van der Waals surface area contributed by atoms with Crippen molar-refractivity contribution >= 4 is 38.9 Å². The Morgan fingerprint density at radius 2 is 1.76 bits per heavy atom. The molecule has 0 aromatic heterocycles. The van der Waals surface area contributed by atoms with E-state index < -0.39 is 0 Å². The summed E-state index contributed by atoms with van der Waals surface area (Å²) in [5.41, 5.74) is 2.79. The first-order valence-corrected chi connectivity index (χ1v) is 7.41. The summed E-state index contributed by atoms with van der Waals surface area (Å²) in [4.78, 5) is 13.9. The molecule has 0 saturated heterocycles. The van der Waals surface area contributed by atoms with Crippen molar-refractivity contribution in [2.75, 3.05) is 36.2 Å². The van der Waals surface area contributed by atoms with E-state index >= 15 is 0 Å². The molecule has 0 fully saturated rings. The van der Waals surface area contributed by atoms with Crippen LogP contribution in [-0.4, -0.2) is 26.5 Å². The highest BCUT2D eigenvalue weighted by Crippen LogP contribution is 2.21. The molecule has 2 rings (SSSR count). The summed E-state index contributed by atoms with van der Waals surface area (Å²) < 4.78 is 0.938. The van der Waals surface area contributed by atoms with E-state index in [9.17, 15) is 4.79 Å². The van der Waals surface area contributed by atoms with E-state index in [1.54, 1.807) is 0 Å². The molecule has 0 aliphatic heterocycles. The number of rotatable bonds is 5. The number of anilines is 3. The van der Waals surface area contributed by atoms with Crippen molar-refractivity contribution in [3.8, 4) is 0 Å². The fraction of sp³-hybridized carbons (Fsp3) is 0.188. The van der Waals surface area contributed by atoms with Gasteiger partial charge in [-0.3, -0.25) is 4.79 Å². The maximum atomic E-state index is 11.9.